The van der Waals surface area contributed by atoms with Gasteiger partial charge in [-0.2, -0.15) is 18.3 Å². The van der Waals surface area contributed by atoms with Crippen molar-refractivity contribution in [1.82, 2.24) is 19.7 Å². The molecule has 1 aliphatic carbocycles. The normalized spacial score (nSPS) is 13.1. The lowest BCUT2D eigenvalue weighted by Gasteiger charge is -2.18. The number of carbonyl (C=O) groups excluding carboxylic acids is 2. The van der Waals surface area contributed by atoms with Crippen molar-refractivity contribution in [3.63, 3.8) is 0 Å². The SMILES string of the molecule is COc1c(-c2cc(C(=O)Nc3cccc(C(F)(F)F)c3)ccc2C)cc2cnc(NC(=O)C3CC3)nc2c1-c1cnn(C)c1. The maximum absolute atomic E-state index is 13.2. The third-order valence-electron chi connectivity index (χ3n) is 7.44. The van der Waals surface area contributed by atoms with Crippen LogP contribution in [0.15, 0.2) is 67.1 Å². The average Bonchev–Trinajstić information content (AvgIpc) is 3.76. The predicted octanol–water partition coefficient (Wildman–Crippen LogP) is 6.63. The van der Waals surface area contributed by atoms with Gasteiger partial charge in [0, 0.05) is 53.1 Å². The maximum Gasteiger partial charge on any atom is 0.416 e. The molecule has 2 heterocycles. The van der Waals surface area contributed by atoms with Gasteiger partial charge in [-0.05, 0) is 67.3 Å². The molecule has 0 aliphatic heterocycles. The van der Waals surface area contributed by atoms with Crippen LogP contribution in [0.5, 0.6) is 5.75 Å². The molecule has 0 radical (unpaired) electrons. The molecule has 0 bridgehead atoms. The molecule has 6 rings (SSSR count). The van der Waals surface area contributed by atoms with Crippen molar-refractivity contribution >= 4 is 34.4 Å². The van der Waals surface area contributed by atoms with E-state index in [2.05, 4.69) is 25.7 Å². The molecule has 9 nitrogen and oxygen atoms in total. The number of nitrogens with zero attached hydrogens (tertiary/aromatic N) is 4. The number of alkyl halides is 3. The van der Waals surface area contributed by atoms with Gasteiger partial charge in [0.15, 0.2) is 0 Å². The largest absolute Gasteiger partial charge is 0.495 e. The minimum atomic E-state index is -4.54. The van der Waals surface area contributed by atoms with Crippen LogP contribution in [0.25, 0.3) is 33.2 Å². The predicted molar refractivity (Wildman–Crippen MR) is 159 cm³/mol. The first-order valence-electron chi connectivity index (χ1n) is 13.8. The van der Waals surface area contributed by atoms with Crippen molar-refractivity contribution in [2.75, 3.05) is 17.7 Å². The molecule has 0 atom stereocenters. The van der Waals surface area contributed by atoms with E-state index in [1.54, 1.807) is 42.3 Å². The third-order valence-corrected chi connectivity index (χ3v) is 7.44. The van der Waals surface area contributed by atoms with Crippen LogP contribution in [-0.2, 0) is 18.0 Å². The van der Waals surface area contributed by atoms with E-state index in [1.165, 1.54) is 19.2 Å². The molecule has 1 fully saturated rings. The number of aromatic nitrogens is 4. The average molecular weight is 601 g/mol. The third kappa shape index (κ3) is 5.70. The van der Waals surface area contributed by atoms with Crippen molar-refractivity contribution < 1.29 is 27.5 Å². The number of anilines is 2. The number of methoxy groups -OCH3 is 1. The zero-order valence-electron chi connectivity index (χ0n) is 24.0. The lowest BCUT2D eigenvalue weighted by atomic mass is 9.92. The summed E-state index contributed by atoms with van der Waals surface area (Å²) < 4.78 is 47.2. The zero-order chi connectivity index (χ0) is 31.2. The van der Waals surface area contributed by atoms with Gasteiger partial charge in [0.05, 0.1) is 30.0 Å². The number of hydrogen-bond acceptors (Lipinski definition) is 6. The highest BCUT2D eigenvalue weighted by atomic mass is 19.4. The molecule has 1 aliphatic rings. The highest BCUT2D eigenvalue weighted by Crippen LogP contribution is 2.45. The molecule has 224 valence electrons. The maximum atomic E-state index is 13.2. The van der Waals surface area contributed by atoms with Crippen LogP contribution in [0.1, 0.15) is 34.3 Å². The molecule has 2 amide bonds. The Morgan fingerprint density at radius 1 is 1.02 bits per heavy atom. The van der Waals surface area contributed by atoms with Gasteiger partial charge in [0.1, 0.15) is 5.75 Å². The van der Waals surface area contributed by atoms with Crippen molar-refractivity contribution in [1.29, 1.82) is 0 Å². The summed E-state index contributed by atoms with van der Waals surface area (Å²) in [5, 5.41) is 10.3. The summed E-state index contributed by atoms with van der Waals surface area (Å²) in [6.07, 6.45) is 2.26. The molecular formula is C32H27F3N6O3. The highest BCUT2D eigenvalue weighted by molar-refractivity contribution is 6.07. The zero-order valence-corrected chi connectivity index (χ0v) is 24.0. The molecule has 2 N–H and O–H groups in total. The van der Waals surface area contributed by atoms with E-state index in [9.17, 15) is 22.8 Å². The number of nitrogens with one attached hydrogen (secondary N) is 2. The molecule has 12 heteroatoms. The Balaban J connectivity index is 1.45. The summed E-state index contributed by atoms with van der Waals surface area (Å²) in [6.45, 7) is 1.88. The Morgan fingerprint density at radius 2 is 1.82 bits per heavy atom. The van der Waals surface area contributed by atoms with Gasteiger partial charge in [0.25, 0.3) is 5.91 Å². The smallest absolute Gasteiger partial charge is 0.416 e. The summed E-state index contributed by atoms with van der Waals surface area (Å²) in [4.78, 5) is 34.7. The van der Waals surface area contributed by atoms with Crippen molar-refractivity contribution in [3.8, 4) is 28.0 Å². The fraction of sp³-hybridized carbons (Fsp3) is 0.219. The van der Waals surface area contributed by atoms with E-state index in [1.807, 2.05) is 19.2 Å². The number of benzene rings is 3. The van der Waals surface area contributed by atoms with E-state index < -0.39 is 17.6 Å². The van der Waals surface area contributed by atoms with Crippen LogP contribution in [0.4, 0.5) is 24.8 Å². The fourth-order valence-electron chi connectivity index (χ4n) is 5.04. The van der Waals surface area contributed by atoms with Crippen LogP contribution in [0.3, 0.4) is 0 Å². The number of amides is 2. The molecular weight excluding hydrogens is 573 g/mol. The molecule has 44 heavy (non-hydrogen) atoms. The first-order valence-corrected chi connectivity index (χ1v) is 13.8. The number of halogens is 3. The Bertz CT molecular complexity index is 1930. The summed E-state index contributed by atoms with van der Waals surface area (Å²) >= 11 is 0. The Morgan fingerprint density at radius 3 is 2.50 bits per heavy atom. The number of hydrogen-bond donors (Lipinski definition) is 2. The van der Waals surface area contributed by atoms with Gasteiger partial charge in [-0.1, -0.05) is 12.1 Å². The Kier molecular flexibility index (Phi) is 7.28. The Hall–Kier alpha value is -5.26. The number of ether oxygens (including phenoxy) is 1. The van der Waals surface area contributed by atoms with Crippen LogP contribution >= 0.6 is 0 Å². The monoisotopic (exact) mass is 600 g/mol. The van der Waals surface area contributed by atoms with Crippen LogP contribution < -0.4 is 15.4 Å². The van der Waals surface area contributed by atoms with E-state index in [4.69, 9.17) is 4.74 Å². The molecule has 2 aromatic heterocycles. The van der Waals surface area contributed by atoms with Crippen molar-refractivity contribution in [2.24, 2.45) is 13.0 Å². The number of fused-ring (bicyclic) bond motifs is 1. The second kappa shape index (κ2) is 11.1. The van der Waals surface area contributed by atoms with E-state index >= 15 is 0 Å². The standard InChI is InChI=1S/C32H27F3N6O3/c1-17-7-8-19(30(43)38-23-6-4-5-22(13-23)32(33,34)35)11-24(17)25-12-20-14-36-31(40-29(42)18-9-10-18)39-27(20)26(28(25)44-3)21-15-37-41(2)16-21/h4-8,11-16,18H,9-10H2,1-3H3,(H,38,43)(H,36,39,40,42). The first kappa shape index (κ1) is 28.8. The van der Waals surface area contributed by atoms with Crippen molar-refractivity contribution in [3.05, 3.63) is 83.8 Å². The Labute approximate surface area is 250 Å². The van der Waals surface area contributed by atoms with Gasteiger partial charge in [-0.15, -0.1) is 0 Å². The molecule has 5 aromatic rings. The molecule has 1 saturated carbocycles. The molecule has 3 aromatic carbocycles. The van der Waals surface area contributed by atoms with E-state index in [-0.39, 0.29) is 29.0 Å². The van der Waals surface area contributed by atoms with E-state index in [0.717, 1.165) is 30.5 Å². The summed E-state index contributed by atoms with van der Waals surface area (Å²) in [7, 11) is 3.32. The van der Waals surface area contributed by atoms with Gasteiger partial charge < -0.3 is 10.1 Å². The quantitative estimate of drug-likeness (QED) is 0.217. The van der Waals surface area contributed by atoms with E-state index in [0.29, 0.717) is 38.9 Å². The molecule has 0 spiro atoms. The van der Waals surface area contributed by atoms with Crippen LogP contribution in [0.2, 0.25) is 0 Å². The van der Waals surface area contributed by atoms with Crippen LogP contribution in [-0.4, -0.2) is 38.7 Å². The van der Waals surface area contributed by atoms with Crippen molar-refractivity contribution in [2.45, 2.75) is 25.9 Å². The van der Waals surface area contributed by atoms with Gasteiger partial charge in [-0.25, -0.2) is 9.97 Å². The number of carbonyl (C=O) groups is 2. The first-order chi connectivity index (χ1) is 21.0. The molecule has 0 unspecified atom stereocenters. The molecule has 0 saturated heterocycles. The van der Waals surface area contributed by atoms with Gasteiger partial charge in [-0.3, -0.25) is 19.6 Å². The second-order valence-electron chi connectivity index (χ2n) is 10.7. The van der Waals surface area contributed by atoms with Gasteiger partial charge in [0.2, 0.25) is 11.9 Å². The topological polar surface area (TPSA) is 111 Å². The minimum Gasteiger partial charge on any atom is -0.495 e. The second-order valence-corrected chi connectivity index (χ2v) is 10.7. The minimum absolute atomic E-state index is 0.0231. The van der Waals surface area contributed by atoms with Crippen LogP contribution in [0, 0.1) is 12.8 Å². The van der Waals surface area contributed by atoms with Gasteiger partial charge >= 0.3 is 6.18 Å². The highest BCUT2D eigenvalue weighted by Gasteiger charge is 2.31. The number of aryl methyl sites for hydroxylation is 2. The summed E-state index contributed by atoms with van der Waals surface area (Å²) in [6, 6.07) is 11.4. The lowest BCUT2D eigenvalue weighted by molar-refractivity contribution is -0.137. The lowest BCUT2D eigenvalue weighted by Crippen LogP contribution is -2.15. The number of rotatable bonds is 7. The fourth-order valence-corrected chi connectivity index (χ4v) is 5.04. The summed E-state index contributed by atoms with van der Waals surface area (Å²) in [5.74, 6) is -0.0741. The summed E-state index contributed by atoms with van der Waals surface area (Å²) in [5.41, 5.74) is 3.40.